The van der Waals surface area contributed by atoms with E-state index in [2.05, 4.69) is 15.5 Å². The van der Waals surface area contributed by atoms with Gasteiger partial charge in [-0.25, -0.2) is 17.6 Å². The van der Waals surface area contributed by atoms with Crippen LogP contribution in [-0.2, 0) is 4.79 Å². The number of thioether (sulfide) groups is 1. The fourth-order valence-electron chi connectivity index (χ4n) is 3.17. The number of halogens is 4. The normalized spacial score (nSPS) is 11.8. The average Bonchev–Trinajstić information content (AvgIpc) is 3.29. The topological polar surface area (TPSA) is 69.0 Å². The van der Waals surface area contributed by atoms with Crippen molar-refractivity contribution in [3.05, 3.63) is 95.8 Å². The number of benzene rings is 3. The molecule has 1 aromatic heterocycles. The van der Waals surface area contributed by atoms with Crippen molar-refractivity contribution >= 4 is 23.4 Å². The summed E-state index contributed by atoms with van der Waals surface area (Å²) in [6, 6.07) is 16.3. The molecular weight excluding hydrogens is 484 g/mol. The number of ether oxygens (including phenoxy) is 1. The first kappa shape index (κ1) is 24.3. The van der Waals surface area contributed by atoms with Crippen molar-refractivity contribution in [2.24, 2.45) is 0 Å². The molecule has 0 fully saturated rings. The van der Waals surface area contributed by atoms with E-state index in [0.717, 1.165) is 23.9 Å². The van der Waals surface area contributed by atoms with Crippen LogP contribution in [0.15, 0.2) is 71.9 Å². The van der Waals surface area contributed by atoms with E-state index in [1.807, 2.05) is 30.3 Å². The molecule has 11 heteroatoms. The van der Waals surface area contributed by atoms with Gasteiger partial charge in [-0.3, -0.25) is 9.36 Å². The molecule has 1 atom stereocenters. The molecule has 0 saturated carbocycles. The van der Waals surface area contributed by atoms with Gasteiger partial charge < -0.3 is 10.1 Å². The van der Waals surface area contributed by atoms with E-state index in [9.17, 15) is 22.4 Å². The minimum atomic E-state index is -1.67. The summed E-state index contributed by atoms with van der Waals surface area (Å²) in [7, 11) is 0. The highest BCUT2D eigenvalue weighted by Crippen LogP contribution is 2.28. The van der Waals surface area contributed by atoms with E-state index in [0.29, 0.717) is 22.4 Å². The van der Waals surface area contributed by atoms with Gasteiger partial charge >= 0.3 is 0 Å². The standard InChI is InChI=1S/C24H18F4N4O2S/c1-14(34-17-9-7-15(25)8-10-17)23-30-31-24(32(23)16-5-3-2-4-6-16)35-13-20(33)29-19-12-11-18(26)21(27)22(19)28/h2-12,14H,13H2,1H3,(H,29,33). The molecule has 0 saturated heterocycles. The van der Waals surface area contributed by atoms with Gasteiger partial charge in [0.05, 0.1) is 11.4 Å². The van der Waals surface area contributed by atoms with Crippen LogP contribution in [0.1, 0.15) is 18.9 Å². The number of aromatic nitrogens is 3. The first-order valence-corrected chi connectivity index (χ1v) is 11.3. The molecule has 1 unspecified atom stereocenters. The number of rotatable bonds is 8. The Bertz CT molecular complexity index is 1330. The van der Waals surface area contributed by atoms with Crippen molar-refractivity contribution in [1.29, 1.82) is 0 Å². The van der Waals surface area contributed by atoms with E-state index in [1.54, 1.807) is 11.5 Å². The average molecular weight is 502 g/mol. The zero-order chi connectivity index (χ0) is 24.9. The SMILES string of the molecule is CC(Oc1ccc(F)cc1)c1nnc(SCC(=O)Nc2ccc(F)c(F)c2F)n1-c1ccccc1. The summed E-state index contributed by atoms with van der Waals surface area (Å²) in [4.78, 5) is 12.4. The minimum absolute atomic E-state index is 0.212. The van der Waals surface area contributed by atoms with Crippen LogP contribution in [-0.4, -0.2) is 26.4 Å². The maximum Gasteiger partial charge on any atom is 0.234 e. The van der Waals surface area contributed by atoms with Gasteiger partial charge in [-0.2, -0.15) is 0 Å². The van der Waals surface area contributed by atoms with E-state index < -0.39 is 41.0 Å². The summed E-state index contributed by atoms with van der Waals surface area (Å²) in [6.07, 6.45) is -0.590. The fraction of sp³-hybridized carbons (Fsp3) is 0.125. The highest BCUT2D eigenvalue weighted by Gasteiger charge is 2.22. The quantitative estimate of drug-likeness (QED) is 0.190. The lowest BCUT2D eigenvalue weighted by atomic mass is 10.3. The summed E-state index contributed by atoms with van der Waals surface area (Å²) < 4.78 is 61.2. The van der Waals surface area contributed by atoms with Crippen LogP contribution >= 0.6 is 11.8 Å². The molecule has 1 heterocycles. The fourth-order valence-corrected chi connectivity index (χ4v) is 3.93. The Kier molecular flexibility index (Phi) is 7.35. The molecule has 0 spiro atoms. The number of nitrogens with one attached hydrogen (secondary N) is 1. The number of anilines is 1. The van der Waals surface area contributed by atoms with Crippen LogP contribution in [0.3, 0.4) is 0 Å². The number of hydrogen-bond acceptors (Lipinski definition) is 5. The molecular formula is C24H18F4N4O2S. The van der Waals surface area contributed by atoms with Crippen LogP contribution in [0, 0.1) is 23.3 Å². The number of carbonyl (C=O) groups excluding carboxylic acids is 1. The predicted molar refractivity (Wildman–Crippen MR) is 122 cm³/mol. The largest absolute Gasteiger partial charge is 0.483 e. The number of amides is 1. The maximum absolute atomic E-state index is 13.9. The predicted octanol–water partition coefficient (Wildman–Crippen LogP) is 5.69. The van der Waals surface area contributed by atoms with E-state index >= 15 is 0 Å². The van der Waals surface area contributed by atoms with Gasteiger partial charge in [0.25, 0.3) is 0 Å². The van der Waals surface area contributed by atoms with Crippen LogP contribution in [0.2, 0.25) is 0 Å². The van der Waals surface area contributed by atoms with Crippen molar-refractivity contribution < 1.29 is 27.1 Å². The third-order valence-corrected chi connectivity index (χ3v) is 5.73. The molecule has 0 aliphatic rings. The van der Waals surface area contributed by atoms with Crippen molar-refractivity contribution in [2.45, 2.75) is 18.2 Å². The number of hydrogen-bond donors (Lipinski definition) is 1. The van der Waals surface area contributed by atoms with Crippen molar-refractivity contribution in [1.82, 2.24) is 14.8 Å². The molecule has 180 valence electrons. The lowest BCUT2D eigenvalue weighted by Gasteiger charge is -2.16. The van der Waals surface area contributed by atoms with Crippen LogP contribution in [0.25, 0.3) is 5.69 Å². The summed E-state index contributed by atoms with van der Waals surface area (Å²) in [5.41, 5.74) is 0.234. The Morgan fingerprint density at radius 2 is 1.69 bits per heavy atom. The first-order valence-electron chi connectivity index (χ1n) is 10.3. The van der Waals surface area contributed by atoms with Gasteiger partial charge in [0.15, 0.2) is 34.5 Å². The molecule has 3 aromatic carbocycles. The number of para-hydroxylation sites is 1. The summed E-state index contributed by atoms with van der Waals surface area (Å²) in [5.74, 6) is -4.90. The third kappa shape index (κ3) is 5.62. The first-order chi connectivity index (χ1) is 16.8. The lowest BCUT2D eigenvalue weighted by molar-refractivity contribution is -0.113. The lowest BCUT2D eigenvalue weighted by Crippen LogP contribution is -2.16. The summed E-state index contributed by atoms with van der Waals surface area (Å²) in [5, 5.41) is 10.9. The second-order valence-electron chi connectivity index (χ2n) is 7.29. The van der Waals surface area contributed by atoms with E-state index in [4.69, 9.17) is 4.74 Å². The maximum atomic E-state index is 13.9. The molecule has 0 radical (unpaired) electrons. The zero-order valence-corrected chi connectivity index (χ0v) is 19.0. The molecule has 1 N–H and O–H groups in total. The van der Waals surface area contributed by atoms with Gasteiger partial charge in [0.1, 0.15) is 11.6 Å². The monoisotopic (exact) mass is 502 g/mol. The molecule has 0 aliphatic carbocycles. The second-order valence-corrected chi connectivity index (χ2v) is 8.23. The number of nitrogens with zero attached hydrogens (tertiary/aromatic N) is 3. The Morgan fingerprint density at radius 3 is 2.40 bits per heavy atom. The van der Waals surface area contributed by atoms with E-state index in [-0.39, 0.29) is 5.75 Å². The molecule has 0 aliphatic heterocycles. The summed E-state index contributed by atoms with van der Waals surface area (Å²) in [6.45, 7) is 1.75. The Balaban J connectivity index is 1.53. The van der Waals surface area contributed by atoms with Crippen LogP contribution in [0.5, 0.6) is 5.75 Å². The Labute approximate surface area is 201 Å². The highest BCUT2D eigenvalue weighted by molar-refractivity contribution is 7.99. The molecule has 0 bridgehead atoms. The van der Waals surface area contributed by atoms with Crippen molar-refractivity contribution in [3.8, 4) is 11.4 Å². The zero-order valence-electron chi connectivity index (χ0n) is 18.2. The van der Waals surface area contributed by atoms with Gasteiger partial charge in [-0.05, 0) is 55.5 Å². The van der Waals surface area contributed by atoms with Gasteiger partial charge in [0, 0.05) is 5.69 Å². The molecule has 4 rings (SSSR count). The second kappa shape index (κ2) is 10.6. The summed E-state index contributed by atoms with van der Waals surface area (Å²) >= 11 is 1.01. The number of carbonyl (C=O) groups is 1. The highest BCUT2D eigenvalue weighted by atomic mass is 32.2. The molecule has 6 nitrogen and oxygen atoms in total. The molecule has 1 amide bonds. The van der Waals surface area contributed by atoms with Crippen molar-refractivity contribution in [2.75, 3.05) is 11.1 Å². The Hall–Kier alpha value is -3.86. The minimum Gasteiger partial charge on any atom is -0.483 e. The van der Waals surface area contributed by atoms with Crippen molar-refractivity contribution in [3.63, 3.8) is 0 Å². The Morgan fingerprint density at radius 1 is 0.971 bits per heavy atom. The van der Waals surface area contributed by atoms with Gasteiger partial charge in [-0.1, -0.05) is 30.0 Å². The smallest absolute Gasteiger partial charge is 0.234 e. The van der Waals surface area contributed by atoms with Gasteiger partial charge in [-0.15, -0.1) is 10.2 Å². The van der Waals surface area contributed by atoms with E-state index in [1.165, 1.54) is 24.3 Å². The van der Waals surface area contributed by atoms with Crippen LogP contribution < -0.4 is 10.1 Å². The van der Waals surface area contributed by atoms with Crippen LogP contribution in [0.4, 0.5) is 23.2 Å². The van der Waals surface area contributed by atoms with Gasteiger partial charge in [0.2, 0.25) is 5.91 Å². The molecule has 4 aromatic rings. The molecule has 35 heavy (non-hydrogen) atoms. The third-order valence-electron chi connectivity index (χ3n) is 4.80.